The summed E-state index contributed by atoms with van der Waals surface area (Å²) in [6.45, 7) is 12.3. The van der Waals surface area contributed by atoms with E-state index in [0.29, 0.717) is 0 Å². The topological polar surface area (TPSA) is 27.3 Å². The molecular weight excluding hydrogens is 222 g/mol. The largest absolute Gasteiger partial charge is 0.383 e. The molecule has 0 aliphatic carbocycles. The Labute approximate surface area is 111 Å². The normalized spacial score (nSPS) is 17.7. The summed E-state index contributed by atoms with van der Waals surface area (Å²) in [5.41, 5.74) is 2.76. The maximum Gasteiger partial charge on any atom is 0.0370 e. The number of aryl methyl sites for hydroxylation is 1. The zero-order chi connectivity index (χ0) is 13.0. The second-order valence-electron chi connectivity index (χ2n) is 5.72. The number of nitrogens with one attached hydrogen (secondary N) is 2. The summed E-state index contributed by atoms with van der Waals surface area (Å²) in [5.74, 6) is 0. The Balaban J connectivity index is 1.94. The zero-order valence-electron chi connectivity index (χ0n) is 11.8. The number of piperazine rings is 1. The highest BCUT2D eigenvalue weighted by atomic mass is 15.2. The number of anilines is 1. The first kappa shape index (κ1) is 13.4. The van der Waals surface area contributed by atoms with E-state index in [0.717, 1.165) is 32.7 Å². The maximum absolute atomic E-state index is 3.59. The zero-order valence-corrected chi connectivity index (χ0v) is 11.8. The third-order valence-electron chi connectivity index (χ3n) is 3.83. The van der Waals surface area contributed by atoms with Crippen molar-refractivity contribution in [1.29, 1.82) is 0 Å². The number of hydrogen-bond acceptors (Lipinski definition) is 3. The second kappa shape index (κ2) is 5.72. The first-order chi connectivity index (χ1) is 8.59. The van der Waals surface area contributed by atoms with Crippen LogP contribution in [-0.2, 0) is 0 Å². The van der Waals surface area contributed by atoms with Crippen molar-refractivity contribution in [2.24, 2.45) is 0 Å². The summed E-state index contributed by atoms with van der Waals surface area (Å²) in [5, 5.41) is 7.00. The lowest BCUT2D eigenvalue weighted by atomic mass is 10.0. The quantitative estimate of drug-likeness (QED) is 0.853. The van der Waals surface area contributed by atoms with Gasteiger partial charge in [0, 0.05) is 44.0 Å². The third kappa shape index (κ3) is 3.24. The fourth-order valence-corrected chi connectivity index (χ4v) is 2.46. The summed E-state index contributed by atoms with van der Waals surface area (Å²) >= 11 is 0. The Morgan fingerprint density at radius 2 is 1.89 bits per heavy atom. The maximum atomic E-state index is 3.59. The summed E-state index contributed by atoms with van der Waals surface area (Å²) in [6.07, 6.45) is 0. The Morgan fingerprint density at radius 1 is 1.22 bits per heavy atom. The van der Waals surface area contributed by atoms with E-state index in [1.165, 1.54) is 11.3 Å². The lowest BCUT2D eigenvalue weighted by Crippen LogP contribution is -2.56. The van der Waals surface area contributed by atoms with Gasteiger partial charge >= 0.3 is 0 Å². The van der Waals surface area contributed by atoms with Gasteiger partial charge in [-0.1, -0.05) is 18.2 Å². The molecule has 3 heteroatoms. The van der Waals surface area contributed by atoms with Gasteiger partial charge in [0.15, 0.2) is 0 Å². The van der Waals surface area contributed by atoms with E-state index in [-0.39, 0.29) is 5.54 Å². The second-order valence-corrected chi connectivity index (χ2v) is 5.72. The van der Waals surface area contributed by atoms with Crippen LogP contribution in [0.4, 0.5) is 5.69 Å². The van der Waals surface area contributed by atoms with Gasteiger partial charge in [-0.2, -0.15) is 0 Å². The molecule has 0 saturated carbocycles. The standard InChI is InChI=1S/C15H25N3/c1-13-6-4-5-7-14(13)17-12-15(2,3)18-10-8-16-9-11-18/h4-7,16-17H,8-12H2,1-3H3. The van der Waals surface area contributed by atoms with E-state index < -0.39 is 0 Å². The molecule has 0 atom stereocenters. The van der Waals surface area contributed by atoms with Crippen LogP contribution in [0.15, 0.2) is 24.3 Å². The fraction of sp³-hybridized carbons (Fsp3) is 0.600. The van der Waals surface area contributed by atoms with Gasteiger partial charge in [-0.25, -0.2) is 0 Å². The van der Waals surface area contributed by atoms with Crippen molar-refractivity contribution in [1.82, 2.24) is 10.2 Å². The number of benzene rings is 1. The van der Waals surface area contributed by atoms with Crippen LogP contribution >= 0.6 is 0 Å². The van der Waals surface area contributed by atoms with Crippen molar-refractivity contribution < 1.29 is 0 Å². The molecule has 1 aliphatic rings. The summed E-state index contributed by atoms with van der Waals surface area (Å²) in [4.78, 5) is 2.56. The molecule has 2 rings (SSSR count). The molecule has 18 heavy (non-hydrogen) atoms. The summed E-state index contributed by atoms with van der Waals surface area (Å²) in [7, 11) is 0. The highest BCUT2D eigenvalue weighted by Crippen LogP contribution is 2.18. The van der Waals surface area contributed by atoms with E-state index in [2.05, 4.69) is 60.6 Å². The lowest BCUT2D eigenvalue weighted by Gasteiger charge is -2.41. The number of nitrogens with zero attached hydrogens (tertiary/aromatic N) is 1. The Hall–Kier alpha value is -1.06. The summed E-state index contributed by atoms with van der Waals surface area (Å²) in [6, 6.07) is 8.48. The SMILES string of the molecule is Cc1ccccc1NCC(C)(C)N1CCNCC1. The van der Waals surface area contributed by atoms with Crippen LogP contribution in [0, 0.1) is 6.92 Å². The first-order valence-electron chi connectivity index (χ1n) is 6.85. The molecule has 100 valence electrons. The molecule has 0 unspecified atom stereocenters. The van der Waals surface area contributed by atoms with Crippen LogP contribution in [0.25, 0.3) is 0 Å². The number of para-hydroxylation sites is 1. The third-order valence-corrected chi connectivity index (χ3v) is 3.83. The minimum absolute atomic E-state index is 0.199. The van der Waals surface area contributed by atoms with Crippen molar-refractivity contribution in [2.45, 2.75) is 26.3 Å². The van der Waals surface area contributed by atoms with Crippen molar-refractivity contribution in [2.75, 3.05) is 38.0 Å². The molecule has 0 radical (unpaired) electrons. The number of hydrogen-bond donors (Lipinski definition) is 2. The summed E-state index contributed by atoms with van der Waals surface area (Å²) < 4.78 is 0. The smallest absolute Gasteiger partial charge is 0.0370 e. The monoisotopic (exact) mass is 247 g/mol. The van der Waals surface area contributed by atoms with Crippen molar-refractivity contribution in [3.8, 4) is 0 Å². The molecule has 0 amide bonds. The Morgan fingerprint density at radius 3 is 2.56 bits per heavy atom. The van der Waals surface area contributed by atoms with Crippen molar-refractivity contribution >= 4 is 5.69 Å². The first-order valence-corrected chi connectivity index (χ1v) is 6.85. The Bertz CT molecular complexity index is 381. The molecule has 1 saturated heterocycles. The van der Waals surface area contributed by atoms with Gasteiger partial charge in [-0.15, -0.1) is 0 Å². The van der Waals surface area contributed by atoms with Gasteiger partial charge in [0.25, 0.3) is 0 Å². The molecule has 1 heterocycles. The molecule has 1 fully saturated rings. The lowest BCUT2D eigenvalue weighted by molar-refractivity contribution is 0.114. The van der Waals surface area contributed by atoms with Gasteiger partial charge in [-0.05, 0) is 32.4 Å². The molecule has 1 aliphatic heterocycles. The van der Waals surface area contributed by atoms with E-state index in [1.807, 2.05) is 0 Å². The predicted octanol–water partition coefficient (Wildman–Crippen LogP) is 2.09. The van der Waals surface area contributed by atoms with Gasteiger partial charge in [0.2, 0.25) is 0 Å². The average molecular weight is 247 g/mol. The van der Waals surface area contributed by atoms with Crippen LogP contribution < -0.4 is 10.6 Å². The van der Waals surface area contributed by atoms with E-state index >= 15 is 0 Å². The van der Waals surface area contributed by atoms with E-state index in [1.54, 1.807) is 0 Å². The van der Waals surface area contributed by atoms with Crippen LogP contribution in [0.5, 0.6) is 0 Å². The van der Waals surface area contributed by atoms with Crippen LogP contribution in [0.1, 0.15) is 19.4 Å². The molecule has 0 spiro atoms. The molecular formula is C15H25N3. The van der Waals surface area contributed by atoms with Gasteiger partial charge in [-0.3, -0.25) is 4.90 Å². The molecule has 2 N–H and O–H groups in total. The van der Waals surface area contributed by atoms with Gasteiger partial charge < -0.3 is 10.6 Å². The van der Waals surface area contributed by atoms with E-state index in [9.17, 15) is 0 Å². The van der Waals surface area contributed by atoms with Crippen molar-refractivity contribution in [3.05, 3.63) is 29.8 Å². The number of rotatable bonds is 4. The van der Waals surface area contributed by atoms with Gasteiger partial charge in [0.05, 0.1) is 0 Å². The van der Waals surface area contributed by atoms with E-state index in [4.69, 9.17) is 0 Å². The molecule has 1 aromatic rings. The molecule has 1 aromatic carbocycles. The van der Waals surface area contributed by atoms with Crippen LogP contribution in [0.2, 0.25) is 0 Å². The molecule has 0 bridgehead atoms. The highest BCUT2D eigenvalue weighted by molar-refractivity contribution is 5.50. The van der Waals surface area contributed by atoms with Gasteiger partial charge in [0.1, 0.15) is 0 Å². The molecule has 3 nitrogen and oxygen atoms in total. The minimum Gasteiger partial charge on any atom is -0.383 e. The Kier molecular flexibility index (Phi) is 4.25. The van der Waals surface area contributed by atoms with Crippen LogP contribution in [-0.4, -0.2) is 43.2 Å². The van der Waals surface area contributed by atoms with Crippen LogP contribution in [0.3, 0.4) is 0 Å². The predicted molar refractivity (Wildman–Crippen MR) is 78.2 cm³/mol. The van der Waals surface area contributed by atoms with Crippen molar-refractivity contribution in [3.63, 3.8) is 0 Å². The minimum atomic E-state index is 0.199. The fourth-order valence-electron chi connectivity index (χ4n) is 2.46. The molecule has 0 aromatic heterocycles. The highest BCUT2D eigenvalue weighted by Gasteiger charge is 2.27. The average Bonchev–Trinajstić information content (AvgIpc) is 2.39.